The Morgan fingerprint density at radius 3 is 2.79 bits per heavy atom. The van der Waals surface area contributed by atoms with Crippen LogP contribution in [0.5, 0.6) is 0 Å². The Labute approximate surface area is 90.3 Å². The van der Waals surface area contributed by atoms with Crippen LogP contribution >= 0.6 is 11.6 Å². The molecule has 14 heavy (non-hydrogen) atoms. The van der Waals surface area contributed by atoms with Crippen LogP contribution in [-0.2, 0) is 0 Å². The van der Waals surface area contributed by atoms with E-state index in [1.54, 1.807) is 0 Å². The minimum absolute atomic E-state index is 0.436. The van der Waals surface area contributed by atoms with Crippen molar-refractivity contribution in [3.05, 3.63) is 34.3 Å². The smallest absolute Gasteiger partial charge is 0.0621 e. The van der Waals surface area contributed by atoms with Gasteiger partial charge in [0, 0.05) is 11.4 Å². The molecule has 1 rings (SSSR count). The van der Waals surface area contributed by atoms with E-state index in [1.165, 1.54) is 5.56 Å². The molecule has 0 aliphatic heterocycles. The second kappa shape index (κ2) is 5.02. The molecule has 1 unspecified atom stereocenters. The Morgan fingerprint density at radius 1 is 1.50 bits per heavy atom. The summed E-state index contributed by atoms with van der Waals surface area (Å²) in [5.41, 5.74) is 2.37. The number of benzene rings is 1. The maximum absolute atomic E-state index is 8.49. The third-order valence-corrected chi connectivity index (χ3v) is 2.86. The average Bonchev–Trinajstić information content (AvgIpc) is 2.18. The van der Waals surface area contributed by atoms with E-state index in [0.29, 0.717) is 12.3 Å². The topological polar surface area (TPSA) is 23.8 Å². The van der Waals surface area contributed by atoms with Gasteiger partial charge in [0.2, 0.25) is 0 Å². The van der Waals surface area contributed by atoms with Crippen molar-refractivity contribution < 1.29 is 0 Å². The molecule has 74 valence electrons. The molecule has 0 saturated carbocycles. The third kappa shape index (κ3) is 2.75. The summed E-state index contributed by atoms with van der Waals surface area (Å²) in [5.74, 6) is 0.436. The lowest BCUT2D eigenvalue weighted by molar-refractivity contribution is 0.695. The van der Waals surface area contributed by atoms with Gasteiger partial charge in [0.15, 0.2) is 0 Å². The first-order chi connectivity index (χ1) is 6.65. The number of hydrogen-bond acceptors (Lipinski definition) is 1. The van der Waals surface area contributed by atoms with Crippen molar-refractivity contribution in [1.82, 2.24) is 0 Å². The van der Waals surface area contributed by atoms with Gasteiger partial charge in [-0.25, -0.2) is 0 Å². The van der Waals surface area contributed by atoms with Gasteiger partial charge in [-0.05, 0) is 36.5 Å². The van der Waals surface area contributed by atoms with Gasteiger partial charge in [-0.15, -0.1) is 0 Å². The molecule has 0 aliphatic carbocycles. The van der Waals surface area contributed by atoms with Crippen molar-refractivity contribution in [2.24, 2.45) is 0 Å². The van der Waals surface area contributed by atoms with Crippen molar-refractivity contribution in [2.75, 3.05) is 0 Å². The zero-order valence-corrected chi connectivity index (χ0v) is 9.30. The first-order valence-corrected chi connectivity index (χ1v) is 5.16. The van der Waals surface area contributed by atoms with Crippen molar-refractivity contribution >= 4 is 11.6 Å². The molecule has 0 fully saturated rings. The number of nitrogens with zero attached hydrogens (tertiary/aromatic N) is 1. The maximum atomic E-state index is 8.49. The molecular weight excluding hydrogens is 194 g/mol. The second-order valence-electron chi connectivity index (χ2n) is 3.61. The quantitative estimate of drug-likeness (QED) is 0.734. The Bertz CT molecular complexity index is 352. The molecule has 0 saturated heterocycles. The van der Waals surface area contributed by atoms with Crippen molar-refractivity contribution in [3.8, 4) is 6.07 Å². The minimum atomic E-state index is 0.436. The fraction of sp³-hybridized carbons (Fsp3) is 0.417. The third-order valence-electron chi connectivity index (χ3n) is 2.44. The van der Waals surface area contributed by atoms with Crippen LogP contribution in [0.4, 0.5) is 0 Å². The van der Waals surface area contributed by atoms with Crippen LogP contribution in [0.1, 0.15) is 36.8 Å². The zero-order valence-electron chi connectivity index (χ0n) is 8.55. The highest BCUT2D eigenvalue weighted by atomic mass is 35.5. The summed E-state index contributed by atoms with van der Waals surface area (Å²) in [6, 6.07) is 8.23. The van der Waals surface area contributed by atoms with E-state index >= 15 is 0 Å². The SMILES string of the molecule is Cc1cc(C(C)CCC#N)ccc1Cl. The summed E-state index contributed by atoms with van der Waals surface area (Å²) in [7, 11) is 0. The molecule has 1 aromatic carbocycles. The van der Waals surface area contributed by atoms with Gasteiger partial charge in [0.25, 0.3) is 0 Å². The van der Waals surface area contributed by atoms with Crippen molar-refractivity contribution in [3.63, 3.8) is 0 Å². The molecule has 0 spiro atoms. The first kappa shape index (κ1) is 11.1. The van der Waals surface area contributed by atoms with Crippen LogP contribution in [0, 0.1) is 18.3 Å². The predicted octanol–water partition coefficient (Wildman–Crippen LogP) is 4.06. The molecule has 0 N–H and O–H groups in total. The fourth-order valence-corrected chi connectivity index (χ4v) is 1.54. The standard InChI is InChI=1S/C12H14ClN/c1-9(4-3-7-14)11-5-6-12(13)10(2)8-11/h5-6,8-9H,3-4H2,1-2H3. The largest absolute Gasteiger partial charge is 0.198 e. The molecule has 0 radical (unpaired) electrons. The van der Waals surface area contributed by atoms with Crippen molar-refractivity contribution in [1.29, 1.82) is 5.26 Å². The fourth-order valence-electron chi connectivity index (χ4n) is 1.42. The van der Waals surface area contributed by atoms with Crippen LogP contribution in [-0.4, -0.2) is 0 Å². The Hall–Kier alpha value is -1.000. The van der Waals surface area contributed by atoms with E-state index < -0.39 is 0 Å². The number of aryl methyl sites for hydroxylation is 1. The lowest BCUT2D eigenvalue weighted by Gasteiger charge is -2.11. The molecule has 2 heteroatoms. The molecule has 0 heterocycles. The highest BCUT2D eigenvalue weighted by molar-refractivity contribution is 6.31. The van der Waals surface area contributed by atoms with Gasteiger partial charge in [0.05, 0.1) is 6.07 Å². The highest BCUT2D eigenvalue weighted by Crippen LogP contribution is 2.24. The van der Waals surface area contributed by atoms with Gasteiger partial charge in [-0.3, -0.25) is 0 Å². The maximum Gasteiger partial charge on any atom is 0.0621 e. The Balaban J connectivity index is 2.76. The van der Waals surface area contributed by atoms with Crippen LogP contribution in [0.2, 0.25) is 5.02 Å². The van der Waals surface area contributed by atoms with E-state index in [2.05, 4.69) is 19.1 Å². The van der Waals surface area contributed by atoms with Crippen LogP contribution in [0.15, 0.2) is 18.2 Å². The number of hydrogen-bond donors (Lipinski definition) is 0. The summed E-state index contributed by atoms with van der Waals surface area (Å²) < 4.78 is 0. The molecule has 1 nitrogen and oxygen atoms in total. The summed E-state index contributed by atoms with van der Waals surface area (Å²) in [5, 5.41) is 9.30. The normalized spacial score (nSPS) is 12.1. The summed E-state index contributed by atoms with van der Waals surface area (Å²) >= 11 is 5.94. The van der Waals surface area contributed by atoms with Gasteiger partial charge >= 0.3 is 0 Å². The van der Waals surface area contributed by atoms with Crippen molar-refractivity contribution in [2.45, 2.75) is 32.6 Å². The molecule has 1 atom stereocenters. The molecule has 0 bridgehead atoms. The van der Waals surface area contributed by atoms with Crippen LogP contribution < -0.4 is 0 Å². The zero-order chi connectivity index (χ0) is 10.6. The molecule has 0 aromatic heterocycles. The van der Waals surface area contributed by atoms with E-state index in [4.69, 9.17) is 16.9 Å². The van der Waals surface area contributed by atoms with E-state index in [1.807, 2.05) is 19.1 Å². The van der Waals surface area contributed by atoms with Gasteiger partial charge in [-0.1, -0.05) is 30.7 Å². The number of rotatable bonds is 3. The van der Waals surface area contributed by atoms with E-state index in [9.17, 15) is 0 Å². The van der Waals surface area contributed by atoms with E-state index in [-0.39, 0.29) is 0 Å². The number of nitriles is 1. The Morgan fingerprint density at radius 2 is 2.21 bits per heavy atom. The van der Waals surface area contributed by atoms with Gasteiger partial charge < -0.3 is 0 Å². The second-order valence-corrected chi connectivity index (χ2v) is 4.01. The average molecular weight is 208 g/mol. The summed E-state index contributed by atoms with van der Waals surface area (Å²) in [6.45, 7) is 4.14. The van der Waals surface area contributed by atoms with Gasteiger partial charge in [-0.2, -0.15) is 5.26 Å². The van der Waals surface area contributed by atoms with Crippen LogP contribution in [0.25, 0.3) is 0 Å². The molecule has 1 aromatic rings. The molecular formula is C12H14ClN. The highest BCUT2D eigenvalue weighted by Gasteiger charge is 2.06. The van der Waals surface area contributed by atoms with Gasteiger partial charge in [0.1, 0.15) is 0 Å². The lowest BCUT2D eigenvalue weighted by atomic mass is 9.95. The van der Waals surface area contributed by atoms with Crippen LogP contribution in [0.3, 0.4) is 0 Å². The monoisotopic (exact) mass is 207 g/mol. The Kier molecular flexibility index (Phi) is 3.98. The first-order valence-electron chi connectivity index (χ1n) is 4.78. The summed E-state index contributed by atoms with van der Waals surface area (Å²) in [4.78, 5) is 0. The molecule has 0 amide bonds. The molecule has 0 aliphatic rings. The lowest BCUT2D eigenvalue weighted by Crippen LogP contribution is -1.93. The summed E-state index contributed by atoms with van der Waals surface area (Å²) in [6.07, 6.45) is 1.53. The number of halogens is 1. The van der Waals surface area contributed by atoms with E-state index in [0.717, 1.165) is 17.0 Å². The minimum Gasteiger partial charge on any atom is -0.198 e. The predicted molar refractivity (Wildman–Crippen MR) is 59.5 cm³/mol.